The molecular formula is C9H14O6S. The molecule has 0 aliphatic rings. The molecule has 0 rings (SSSR count). The van der Waals surface area contributed by atoms with Crippen molar-refractivity contribution in [3.05, 3.63) is 0 Å². The van der Waals surface area contributed by atoms with Gasteiger partial charge in [0.05, 0.1) is 5.75 Å². The molecule has 0 saturated carbocycles. The van der Waals surface area contributed by atoms with Gasteiger partial charge in [-0.15, -0.1) is 11.8 Å². The number of thioether (sulfide) groups is 1. The Morgan fingerprint density at radius 2 is 1.88 bits per heavy atom. The largest absolute Gasteiger partial charge is 0.481 e. The van der Waals surface area contributed by atoms with Crippen LogP contribution in [0.4, 0.5) is 0 Å². The zero-order valence-electron chi connectivity index (χ0n) is 9.00. The van der Waals surface area contributed by atoms with Crippen LogP contribution >= 0.6 is 11.8 Å². The Balaban J connectivity index is 4.16. The van der Waals surface area contributed by atoms with E-state index in [1.54, 1.807) is 6.92 Å². The first-order chi connectivity index (χ1) is 7.38. The molecular weight excluding hydrogens is 236 g/mol. The van der Waals surface area contributed by atoms with E-state index in [4.69, 9.17) is 14.9 Å². The molecule has 2 unspecified atom stereocenters. The van der Waals surface area contributed by atoms with Crippen molar-refractivity contribution in [3.63, 3.8) is 0 Å². The van der Waals surface area contributed by atoms with Crippen molar-refractivity contribution in [2.75, 3.05) is 5.75 Å². The van der Waals surface area contributed by atoms with E-state index in [-0.39, 0.29) is 5.75 Å². The molecule has 2 N–H and O–H groups in total. The topological polar surface area (TPSA) is 101 Å². The second-order valence-electron chi connectivity index (χ2n) is 3.04. The van der Waals surface area contributed by atoms with Gasteiger partial charge in [0.1, 0.15) is 5.44 Å². The summed E-state index contributed by atoms with van der Waals surface area (Å²) in [4.78, 5) is 32.0. The number of carbonyl (C=O) groups is 3. The minimum absolute atomic E-state index is 0.187. The Hall–Kier alpha value is -1.24. The van der Waals surface area contributed by atoms with Crippen molar-refractivity contribution in [3.8, 4) is 0 Å². The lowest BCUT2D eigenvalue weighted by molar-refractivity contribution is -0.158. The van der Waals surface area contributed by atoms with Crippen LogP contribution < -0.4 is 0 Å². The van der Waals surface area contributed by atoms with Crippen molar-refractivity contribution in [1.82, 2.24) is 0 Å². The second kappa shape index (κ2) is 7.10. The van der Waals surface area contributed by atoms with Crippen LogP contribution in [-0.2, 0) is 19.1 Å². The summed E-state index contributed by atoms with van der Waals surface area (Å²) in [6, 6.07) is 0. The lowest BCUT2D eigenvalue weighted by Gasteiger charge is -2.16. The highest BCUT2D eigenvalue weighted by Gasteiger charge is 2.25. The summed E-state index contributed by atoms with van der Waals surface area (Å²) in [5.74, 6) is -4.54. The smallest absolute Gasteiger partial charge is 0.321 e. The van der Waals surface area contributed by atoms with E-state index in [0.717, 1.165) is 11.8 Å². The fraction of sp³-hybridized carbons (Fsp3) is 0.667. The monoisotopic (exact) mass is 250 g/mol. The van der Waals surface area contributed by atoms with Crippen molar-refractivity contribution in [2.24, 2.45) is 5.92 Å². The number of carboxylic acid groups (broad SMARTS) is 2. The Bertz CT molecular complexity index is 277. The minimum atomic E-state index is -1.26. The highest BCUT2D eigenvalue weighted by molar-refractivity contribution is 8.00. The number of hydrogen-bond acceptors (Lipinski definition) is 5. The molecule has 0 amide bonds. The molecule has 0 aromatic heterocycles. The van der Waals surface area contributed by atoms with Crippen LogP contribution in [0.5, 0.6) is 0 Å². The van der Waals surface area contributed by atoms with Crippen LogP contribution in [0.2, 0.25) is 0 Å². The predicted molar refractivity (Wildman–Crippen MR) is 57.1 cm³/mol. The molecule has 0 bridgehead atoms. The number of ether oxygens (including phenoxy) is 1. The Morgan fingerprint density at radius 1 is 1.31 bits per heavy atom. The predicted octanol–water partition coefficient (Wildman–Crippen LogP) is 0.804. The number of esters is 1. The van der Waals surface area contributed by atoms with Gasteiger partial charge in [-0.2, -0.15) is 0 Å². The van der Waals surface area contributed by atoms with Gasteiger partial charge in [-0.1, -0.05) is 6.92 Å². The maximum atomic E-state index is 11.2. The molecule has 0 heterocycles. The van der Waals surface area contributed by atoms with E-state index in [2.05, 4.69) is 0 Å². The van der Waals surface area contributed by atoms with Gasteiger partial charge in [-0.05, 0) is 13.3 Å². The summed E-state index contributed by atoms with van der Waals surface area (Å²) in [5.41, 5.74) is -0.620. The average molecular weight is 250 g/mol. The summed E-state index contributed by atoms with van der Waals surface area (Å²) in [6.07, 6.45) is 0.427. The third-order valence-electron chi connectivity index (χ3n) is 1.70. The Kier molecular flexibility index (Phi) is 6.55. The molecule has 0 aliphatic carbocycles. The van der Waals surface area contributed by atoms with Gasteiger partial charge in [0.15, 0.2) is 5.92 Å². The van der Waals surface area contributed by atoms with E-state index in [1.165, 1.54) is 6.92 Å². The third kappa shape index (κ3) is 5.59. The number of aliphatic carboxylic acids is 2. The van der Waals surface area contributed by atoms with Crippen molar-refractivity contribution < 1.29 is 29.3 Å². The SMILES string of the molecule is CCC(OC(=O)C(C)C(=O)O)SCC(=O)O. The molecule has 0 radical (unpaired) electrons. The van der Waals surface area contributed by atoms with Gasteiger partial charge in [0, 0.05) is 0 Å². The molecule has 0 fully saturated rings. The zero-order valence-corrected chi connectivity index (χ0v) is 9.82. The van der Waals surface area contributed by atoms with Gasteiger partial charge in [0.25, 0.3) is 0 Å². The van der Waals surface area contributed by atoms with Crippen LogP contribution in [-0.4, -0.2) is 39.3 Å². The first kappa shape index (κ1) is 14.8. The molecule has 6 nitrogen and oxygen atoms in total. The number of rotatable bonds is 7. The zero-order chi connectivity index (χ0) is 12.7. The maximum absolute atomic E-state index is 11.2. The van der Waals surface area contributed by atoms with Crippen LogP contribution in [0.3, 0.4) is 0 Å². The van der Waals surface area contributed by atoms with Gasteiger partial charge in [-0.3, -0.25) is 14.4 Å². The summed E-state index contributed by atoms with van der Waals surface area (Å²) < 4.78 is 4.85. The first-order valence-corrected chi connectivity index (χ1v) is 5.70. The van der Waals surface area contributed by atoms with Crippen LogP contribution in [0.15, 0.2) is 0 Å². The fourth-order valence-corrected chi connectivity index (χ4v) is 1.46. The number of carboxylic acids is 2. The fourth-order valence-electron chi connectivity index (χ4n) is 0.732. The third-order valence-corrected chi connectivity index (χ3v) is 2.91. The average Bonchev–Trinajstić information content (AvgIpc) is 2.22. The van der Waals surface area contributed by atoms with Gasteiger partial charge >= 0.3 is 17.9 Å². The highest BCUT2D eigenvalue weighted by atomic mass is 32.2. The first-order valence-electron chi connectivity index (χ1n) is 4.65. The molecule has 16 heavy (non-hydrogen) atoms. The molecule has 2 atom stereocenters. The van der Waals surface area contributed by atoms with Gasteiger partial charge < -0.3 is 14.9 Å². The van der Waals surface area contributed by atoms with E-state index in [9.17, 15) is 14.4 Å². The van der Waals surface area contributed by atoms with Crippen molar-refractivity contribution in [2.45, 2.75) is 25.7 Å². The van der Waals surface area contributed by atoms with Crippen LogP contribution in [0, 0.1) is 5.92 Å². The van der Waals surface area contributed by atoms with E-state index in [1.807, 2.05) is 0 Å². The van der Waals surface area contributed by atoms with Crippen molar-refractivity contribution >= 4 is 29.7 Å². The number of hydrogen-bond donors (Lipinski definition) is 2. The van der Waals surface area contributed by atoms with Gasteiger partial charge in [0.2, 0.25) is 0 Å². The molecule has 7 heteroatoms. The minimum Gasteiger partial charge on any atom is -0.481 e. The molecule has 0 aliphatic heterocycles. The molecule has 0 spiro atoms. The highest BCUT2D eigenvalue weighted by Crippen LogP contribution is 2.17. The van der Waals surface area contributed by atoms with E-state index < -0.39 is 29.3 Å². The maximum Gasteiger partial charge on any atom is 0.321 e. The lowest BCUT2D eigenvalue weighted by atomic mass is 10.2. The van der Waals surface area contributed by atoms with Gasteiger partial charge in [-0.25, -0.2) is 0 Å². The summed E-state index contributed by atoms with van der Waals surface area (Å²) in [6.45, 7) is 2.94. The van der Waals surface area contributed by atoms with Crippen LogP contribution in [0.25, 0.3) is 0 Å². The molecule has 0 aromatic rings. The van der Waals surface area contributed by atoms with E-state index >= 15 is 0 Å². The Morgan fingerprint density at radius 3 is 2.25 bits per heavy atom. The standard InChI is InChI=1S/C9H14O6S/c1-3-7(16-4-6(10)11)15-9(14)5(2)8(12)13/h5,7H,3-4H2,1-2H3,(H,10,11)(H,12,13). The summed E-state index contributed by atoms with van der Waals surface area (Å²) in [7, 11) is 0. The van der Waals surface area contributed by atoms with Crippen LogP contribution in [0.1, 0.15) is 20.3 Å². The normalized spacial score (nSPS) is 13.9. The number of carbonyl (C=O) groups excluding carboxylic acids is 1. The lowest BCUT2D eigenvalue weighted by Crippen LogP contribution is -2.26. The quantitative estimate of drug-likeness (QED) is 0.391. The molecule has 0 saturated heterocycles. The van der Waals surface area contributed by atoms with E-state index in [0.29, 0.717) is 6.42 Å². The van der Waals surface area contributed by atoms with Crippen molar-refractivity contribution in [1.29, 1.82) is 0 Å². The molecule has 92 valence electrons. The summed E-state index contributed by atoms with van der Waals surface area (Å²) >= 11 is 0.952. The Labute approximate surface area is 97.0 Å². The summed E-state index contributed by atoms with van der Waals surface area (Å²) in [5, 5.41) is 17.0. The second-order valence-corrected chi connectivity index (χ2v) is 4.19. The molecule has 0 aromatic carbocycles.